The lowest BCUT2D eigenvalue weighted by Crippen LogP contribution is -2.58. The van der Waals surface area contributed by atoms with Gasteiger partial charge >= 0.3 is 6.09 Å². The van der Waals surface area contributed by atoms with Crippen molar-refractivity contribution in [2.24, 2.45) is 16.5 Å². The fraction of sp³-hybridized carbons (Fsp3) is 0.692. The van der Waals surface area contributed by atoms with E-state index in [9.17, 15) is 14.5 Å². The second kappa shape index (κ2) is 8.51. The van der Waals surface area contributed by atoms with E-state index >= 15 is 0 Å². The van der Waals surface area contributed by atoms with Crippen LogP contribution in [0.25, 0.3) is 0 Å². The molecule has 2 saturated heterocycles. The Morgan fingerprint density at radius 1 is 1.09 bits per heavy atom. The minimum absolute atomic E-state index is 0.0782. The van der Waals surface area contributed by atoms with E-state index in [-0.39, 0.29) is 17.9 Å². The molecule has 2 amide bonds. The summed E-state index contributed by atoms with van der Waals surface area (Å²) in [6.45, 7) is 11.0. The maximum atomic E-state index is 13.9. The average molecular weight is 490 g/mol. The molecular formula is C26H36ClN3O4. The number of hydrogen-bond donors (Lipinski definition) is 0. The highest BCUT2D eigenvalue weighted by Crippen LogP contribution is 2.53. The number of likely N-dealkylation sites (tertiary alicyclic amines) is 1. The lowest BCUT2D eigenvalue weighted by Gasteiger charge is -2.50. The summed E-state index contributed by atoms with van der Waals surface area (Å²) in [5.41, 5.74) is -1.67. The number of halogens is 1. The first-order valence-corrected chi connectivity index (χ1v) is 12.6. The van der Waals surface area contributed by atoms with Gasteiger partial charge in [0.15, 0.2) is 0 Å². The topological polar surface area (TPSA) is 79.1 Å². The molecule has 3 aliphatic rings. The Bertz CT molecular complexity index is 973. The number of hydrogen-bond acceptors (Lipinski definition) is 5. The fourth-order valence-corrected chi connectivity index (χ4v) is 6.23. The summed E-state index contributed by atoms with van der Waals surface area (Å²) in [5.74, 6) is -0.161. The van der Waals surface area contributed by atoms with Gasteiger partial charge in [-0.15, -0.1) is 4.91 Å². The number of rotatable bonds is 3. The highest BCUT2D eigenvalue weighted by atomic mass is 35.5. The monoisotopic (exact) mass is 489 g/mol. The van der Waals surface area contributed by atoms with Crippen molar-refractivity contribution in [1.82, 2.24) is 9.80 Å². The molecule has 0 aromatic heterocycles. The number of nitrogens with zero attached hydrogens (tertiary/aromatic N) is 3. The van der Waals surface area contributed by atoms with E-state index < -0.39 is 22.1 Å². The standard InChI is InChI=1S/C26H36ClN3O4/c1-23(2,3)34-22(32)30-17-25(30)13-7-6-8-20(25)21(31)29-15-14-26(28-33,24(4,5)16-29)18-9-11-19(27)12-10-18/h9-12,20H,6-8,13-17H2,1-5H3/t20-,25?,26+,30?/m1/s1. The van der Waals surface area contributed by atoms with E-state index in [0.29, 0.717) is 31.1 Å². The van der Waals surface area contributed by atoms with Gasteiger partial charge in [-0.05, 0) is 57.7 Å². The van der Waals surface area contributed by atoms with Crippen molar-refractivity contribution in [2.75, 3.05) is 19.6 Å². The Kier molecular flexibility index (Phi) is 6.24. The van der Waals surface area contributed by atoms with Gasteiger partial charge in [0.1, 0.15) is 11.1 Å². The van der Waals surface area contributed by atoms with Crippen LogP contribution in [-0.4, -0.2) is 52.6 Å². The van der Waals surface area contributed by atoms with E-state index in [2.05, 4.69) is 5.18 Å². The molecule has 1 aliphatic carbocycles. The predicted molar refractivity (Wildman–Crippen MR) is 132 cm³/mol. The molecule has 1 unspecified atom stereocenters. The molecule has 0 N–H and O–H groups in total. The number of carbonyl (C=O) groups excluding carboxylic acids is 2. The van der Waals surface area contributed by atoms with Gasteiger partial charge in [0, 0.05) is 30.1 Å². The maximum absolute atomic E-state index is 13.9. The van der Waals surface area contributed by atoms with Gasteiger partial charge in [0.05, 0.1) is 11.5 Å². The number of amides is 2. The molecule has 1 spiro atoms. The van der Waals surface area contributed by atoms with Gasteiger partial charge in [-0.25, -0.2) is 4.79 Å². The van der Waals surface area contributed by atoms with Crippen LogP contribution >= 0.6 is 11.6 Å². The largest absolute Gasteiger partial charge is 0.444 e. The number of carbonyl (C=O) groups is 2. The van der Waals surface area contributed by atoms with Crippen LogP contribution in [0.4, 0.5) is 4.79 Å². The smallest absolute Gasteiger partial charge is 0.410 e. The zero-order valence-corrected chi connectivity index (χ0v) is 21.7. The van der Waals surface area contributed by atoms with E-state index in [1.165, 1.54) is 0 Å². The van der Waals surface area contributed by atoms with Crippen molar-refractivity contribution in [3.63, 3.8) is 0 Å². The van der Waals surface area contributed by atoms with Gasteiger partial charge in [-0.1, -0.05) is 55.6 Å². The normalized spacial score (nSPS) is 30.7. The molecule has 0 radical (unpaired) electrons. The average Bonchev–Trinajstić information content (AvgIpc) is 3.47. The summed E-state index contributed by atoms with van der Waals surface area (Å²) < 4.78 is 5.60. The summed E-state index contributed by atoms with van der Waals surface area (Å²) in [5, 5.41) is 4.26. The van der Waals surface area contributed by atoms with Crippen LogP contribution in [0.2, 0.25) is 5.02 Å². The van der Waals surface area contributed by atoms with Crippen molar-refractivity contribution >= 4 is 23.6 Å². The summed E-state index contributed by atoms with van der Waals surface area (Å²) >= 11 is 6.06. The fourth-order valence-electron chi connectivity index (χ4n) is 6.10. The van der Waals surface area contributed by atoms with Crippen LogP contribution in [0.1, 0.15) is 72.3 Å². The highest BCUT2D eigenvalue weighted by molar-refractivity contribution is 6.30. The minimum Gasteiger partial charge on any atom is -0.444 e. The van der Waals surface area contributed by atoms with Gasteiger partial charge < -0.3 is 9.64 Å². The first-order chi connectivity index (χ1) is 15.9. The molecule has 4 rings (SSSR count). The Morgan fingerprint density at radius 3 is 2.35 bits per heavy atom. The molecule has 1 aromatic rings. The van der Waals surface area contributed by atoms with Crippen molar-refractivity contribution in [2.45, 2.75) is 83.4 Å². The molecule has 186 valence electrons. The van der Waals surface area contributed by atoms with Crippen LogP contribution in [-0.2, 0) is 15.1 Å². The van der Waals surface area contributed by atoms with E-state index in [1.807, 2.05) is 51.7 Å². The quantitative estimate of drug-likeness (QED) is 0.400. The van der Waals surface area contributed by atoms with Gasteiger partial charge in [-0.3, -0.25) is 9.69 Å². The molecule has 1 aromatic carbocycles. The third kappa shape index (κ3) is 4.21. The maximum Gasteiger partial charge on any atom is 0.410 e. The number of ether oxygens (including phenoxy) is 1. The van der Waals surface area contributed by atoms with Crippen molar-refractivity contribution in [3.8, 4) is 0 Å². The Labute approximate surface area is 207 Å². The summed E-state index contributed by atoms with van der Waals surface area (Å²) in [6.07, 6.45) is 3.68. The SMILES string of the molecule is CC(C)(C)OC(=O)N1CC12CCCC[C@@H]2C(=O)N1CC[C@](N=O)(c2ccc(Cl)cc2)C(C)(C)C1. The molecule has 1 saturated carbocycles. The lowest BCUT2D eigenvalue weighted by molar-refractivity contribution is -0.143. The molecule has 34 heavy (non-hydrogen) atoms. The van der Waals surface area contributed by atoms with Gasteiger partial charge in [0.25, 0.3) is 0 Å². The Morgan fingerprint density at radius 2 is 1.76 bits per heavy atom. The zero-order chi connectivity index (χ0) is 24.9. The third-order valence-corrected chi connectivity index (χ3v) is 8.27. The summed E-state index contributed by atoms with van der Waals surface area (Å²) in [4.78, 5) is 42.5. The van der Waals surface area contributed by atoms with Crippen LogP contribution in [0.15, 0.2) is 29.4 Å². The second-order valence-electron chi connectivity index (χ2n) is 11.8. The van der Waals surface area contributed by atoms with Gasteiger partial charge in [-0.2, -0.15) is 0 Å². The van der Waals surface area contributed by atoms with E-state index in [4.69, 9.17) is 16.3 Å². The molecule has 0 bridgehead atoms. The molecular weight excluding hydrogens is 454 g/mol. The van der Waals surface area contributed by atoms with Crippen LogP contribution < -0.4 is 0 Å². The predicted octanol–water partition coefficient (Wildman–Crippen LogP) is 5.74. The second-order valence-corrected chi connectivity index (χ2v) is 12.3. The highest BCUT2D eigenvalue weighted by Gasteiger charge is 2.64. The molecule has 2 heterocycles. The molecule has 7 nitrogen and oxygen atoms in total. The lowest BCUT2D eigenvalue weighted by atomic mass is 9.64. The molecule has 8 heteroatoms. The van der Waals surface area contributed by atoms with Crippen molar-refractivity contribution in [3.05, 3.63) is 39.8 Å². The first-order valence-electron chi connectivity index (χ1n) is 12.3. The Hall–Kier alpha value is -2.15. The number of piperidine rings is 1. The van der Waals surface area contributed by atoms with E-state index in [0.717, 1.165) is 31.2 Å². The van der Waals surface area contributed by atoms with Crippen LogP contribution in [0.3, 0.4) is 0 Å². The molecule has 3 atom stereocenters. The Balaban J connectivity index is 1.53. The summed E-state index contributed by atoms with van der Waals surface area (Å²) in [6, 6.07) is 7.28. The van der Waals surface area contributed by atoms with Crippen molar-refractivity contribution in [1.29, 1.82) is 0 Å². The molecule has 3 fully saturated rings. The minimum atomic E-state index is -0.930. The third-order valence-electron chi connectivity index (χ3n) is 8.02. The molecule has 2 aliphatic heterocycles. The van der Waals surface area contributed by atoms with Crippen LogP contribution in [0, 0.1) is 16.2 Å². The zero-order valence-electron chi connectivity index (χ0n) is 20.9. The first kappa shape index (κ1) is 25.0. The number of benzene rings is 1. The van der Waals surface area contributed by atoms with Crippen LogP contribution in [0.5, 0.6) is 0 Å². The van der Waals surface area contributed by atoms with E-state index in [1.54, 1.807) is 17.0 Å². The number of nitroso groups, excluding NO2 is 1. The summed E-state index contributed by atoms with van der Waals surface area (Å²) in [7, 11) is 0. The van der Waals surface area contributed by atoms with Crippen molar-refractivity contribution < 1.29 is 14.3 Å². The van der Waals surface area contributed by atoms with Gasteiger partial charge in [0.2, 0.25) is 5.91 Å².